The molecule has 2 aromatic carbocycles. The second-order valence-electron chi connectivity index (χ2n) is 12.2. The number of para-hydroxylation sites is 1. The quantitative estimate of drug-likeness (QED) is 0.312. The van der Waals surface area contributed by atoms with Gasteiger partial charge in [0.2, 0.25) is 0 Å². The average molecular weight is 553 g/mol. The maximum atomic E-state index is 14.1. The highest BCUT2D eigenvalue weighted by molar-refractivity contribution is 5.96. The highest BCUT2D eigenvalue weighted by atomic mass is 16.6. The Morgan fingerprint density at radius 1 is 1.05 bits per heavy atom. The molecule has 218 valence electrons. The summed E-state index contributed by atoms with van der Waals surface area (Å²) in [6.45, 7) is 12.1. The molecule has 2 amide bonds. The smallest absolute Gasteiger partial charge is 0.410 e. The summed E-state index contributed by atoms with van der Waals surface area (Å²) in [5.41, 5.74) is -0.126. The van der Waals surface area contributed by atoms with E-state index in [1.807, 2.05) is 80.8 Å². The zero-order chi connectivity index (χ0) is 28.9. The molecule has 0 aromatic heterocycles. The molecule has 2 atom stereocenters. The maximum Gasteiger partial charge on any atom is 0.410 e. The lowest BCUT2D eigenvalue weighted by Crippen LogP contribution is -2.48. The average Bonchev–Trinajstić information content (AvgIpc) is 3.56. The first-order valence-corrected chi connectivity index (χ1v) is 14.3. The van der Waals surface area contributed by atoms with Crippen molar-refractivity contribution >= 4 is 12.0 Å². The lowest BCUT2D eigenvalue weighted by Gasteiger charge is -2.37. The minimum atomic E-state index is -0.541. The molecule has 1 aliphatic carbocycles. The van der Waals surface area contributed by atoms with E-state index in [1.165, 1.54) is 0 Å². The van der Waals surface area contributed by atoms with Crippen LogP contribution in [0.25, 0.3) is 0 Å². The first kappa shape index (κ1) is 29.7. The van der Waals surface area contributed by atoms with Crippen LogP contribution >= 0.6 is 0 Å². The minimum Gasteiger partial charge on any atom is -0.493 e. The summed E-state index contributed by atoms with van der Waals surface area (Å²) >= 11 is 0. The normalized spacial score (nSPS) is 20.4. The first-order chi connectivity index (χ1) is 19.0. The zero-order valence-electron chi connectivity index (χ0n) is 24.8. The Hall–Kier alpha value is -3.26. The van der Waals surface area contributed by atoms with Crippen LogP contribution in [0.5, 0.6) is 17.2 Å². The molecule has 1 saturated carbocycles. The number of carbonyl (C=O) groups excluding carboxylic acids is 2. The Bertz CT molecular complexity index is 1160. The lowest BCUT2D eigenvalue weighted by atomic mass is 9.93. The van der Waals surface area contributed by atoms with Crippen molar-refractivity contribution in [1.82, 2.24) is 9.80 Å². The van der Waals surface area contributed by atoms with Crippen molar-refractivity contribution in [3.63, 3.8) is 0 Å². The molecule has 1 heterocycles. The number of rotatable bonds is 10. The fraction of sp³-hybridized carbons (Fsp3) is 0.562. The summed E-state index contributed by atoms with van der Waals surface area (Å²) in [7, 11) is 1.66. The Morgan fingerprint density at radius 2 is 1.77 bits per heavy atom. The highest BCUT2D eigenvalue weighted by Crippen LogP contribution is 2.56. The number of methoxy groups -OCH3 is 1. The molecule has 40 heavy (non-hydrogen) atoms. The number of benzene rings is 2. The Labute approximate surface area is 238 Å². The molecule has 4 rings (SSSR count). The van der Waals surface area contributed by atoms with E-state index in [0.717, 1.165) is 25.7 Å². The molecule has 8 nitrogen and oxygen atoms in total. The summed E-state index contributed by atoms with van der Waals surface area (Å²) < 4.78 is 22.9. The van der Waals surface area contributed by atoms with Crippen molar-refractivity contribution < 1.29 is 28.5 Å². The number of amides is 2. The van der Waals surface area contributed by atoms with Gasteiger partial charge in [-0.1, -0.05) is 18.2 Å². The topological polar surface area (TPSA) is 77.5 Å². The lowest BCUT2D eigenvalue weighted by molar-refractivity contribution is 0.0121. The predicted octanol–water partition coefficient (Wildman–Crippen LogP) is 6.53. The minimum absolute atomic E-state index is 0.0152. The second kappa shape index (κ2) is 12.5. The first-order valence-electron chi connectivity index (χ1n) is 14.3. The van der Waals surface area contributed by atoms with Gasteiger partial charge in [0, 0.05) is 62.4 Å². The third-order valence-corrected chi connectivity index (χ3v) is 7.40. The van der Waals surface area contributed by atoms with E-state index in [1.54, 1.807) is 19.2 Å². The Morgan fingerprint density at radius 3 is 2.45 bits per heavy atom. The molecule has 2 unspecified atom stereocenters. The van der Waals surface area contributed by atoms with Gasteiger partial charge in [-0.05, 0) is 78.1 Å². The molecule has 2 aliphatic rings. The van der Waals surface area contributed by atoms with Crippen LogP contribution in [0.4, 0.5) is 4.79 Å². The summed E-state index contributed by atoms with van der Waals surface area (Å²) in [6, 6.07) is 14.9. The summed E-state index contributed by atoms with van der Waals surface area (Å²) in [6.07, 6.45) is 3.21. The van der Waals surface area contributed by atoms with Gasteiger partial charge < -0.3 is 28.7 Å². The Balaban J connectivity index is 1.55. The van der Waals surface area contributed by atoms with Crippen molar-refractivity contribution in [2.45, 2.75) is 78.0 Å². The predicted molar refractivity (Wildman–Crippen MR) is 154 cm³/mol. The van der Waals surface area contributed by atoms with Crippen LogP contribution in [-0.2, 0) is 9.47 Å². The maximum absolute atomic E-state index is 14.1. The number of piperidine rings is 1. The van der Waals surface area contributed by atoms with Crippen LogP contribution in [0.2, 0.25) is 0 Å². The zero-order valence-corrected chi connectivity index (χ0v) is 24.8. The fourth-order valence-electron chi connectivity index (χ4n) is 5.54. The van der Waals surface area contributed by atoms with Gasteiger partial charge in [-0.15, -0.1) is 0 Å². The van der Waals surface area contributed by atoms with Gasteiger partial charge >= 0.3 is 6.09 Å². The SMILES string of the molecule is COCCCOc1cc(Oc2ccccc2)cc(C(=O)N(C(C)C)C2CC23CCCN(C(=O)OC(C)(C)C)C3)c1. The number of carbonyl (C=O) groups is 2. The van der Waals surface area contributed by atoms with Gasteiger partial charge in [0.05, 0.1) is 6.61 Å². The van der Waals surface area contributed by atoms with Gasteiger partial charge in [0.1, 0.15) is 22.8 Å². The number of hydrogen-bond acceptors (Lipinski definition) is 6. The van der Waals surface area contributed by atoms with Gasteiger partial charge in [0.15, 0.2) is 0 Å². The van der Waals surface area contributed by atoms with Crippen LogP contribution in [0.15, 0.2) is 48.5 Å². The van der Waals surface area contributed by atoms with E-state index >= 15 is 0 Å². The van der Waals surface area contributed by atoms with E-state index in [4.69, 9.17) is 18.9 Å². The summed E-state index contributed by atoms with van der Waals surface area (Å²) in [5, 5.41) is 0. The van der Waals surface area contributed by atoms with Gasteiger partial charge in [-0.2, -0.15) is 0 Å². The van der Waals surface area contributed by atoms with Crippen LogP contribution in [0, 0.1) is 5.41 Å². The third-order valence-electron chi connectivity index (χ3n) is 7.40. The number of nitrogens with zero attached hydrogens (tertiary/aromatic N) is 2. The highest BCUT2D eigenvalue weighted by Gasteiger charge is 2.60. The molecule has 0 radical (unpaired) electrons. The molecule has 2 fully saturated rings. The van der Waals surface area contributed by atoms with Gasteiger partial charge in [-0.3, -0.25) is 4.79 Å². The van der Waals surface area contributed by atoms with Crippen LogP contribution < -0.4 is 9.47 Å². The number of hydrogen-bond donors (Lipinski definition) is 0. The molecule has 0 N–H and O–H groups in total. The van der Waals surface area contributed by atoms with E-state index in [2.05, 4.69) is 0 Å². The summed E-state index contributed by atoms with van der Waals surface area (Å²) in [4.78, 5) is 30.8. The fourth-order valence-corrected chi connectivity index (χ4v) is 5.54. The van der Waals surface area contributed by atoms with Crippen LogP contribution in [0.1, 0.15) is 70.7 Å². The van der Waals surface area contributed by atoms with Crippen LogP contribution in [-0.4, -0.2) is 72.9 Å². The molecule has 0 bridgehead atoms. The van der Waals surface area contributed by atoms with E-state index in [0.29, 0.717) is 49.1 Å². The molecule has 2 aromatic rings. The molecular weight excluding hydrogens is 508 g/mol. The second-order valence-corrected chi connectivity index (χ2v) is 12.2. The van der Waals surface area contributed by atoms with Crippen molar-refractivity contribution in [2.24, 2.45) is 5.41 Å². The van der Waals surface area contributed by atoms with Gasteiger partial charge in [0.25, 0.3) is 5.91 Å². The largest absolute Gasteiger partial charge is 0.493 e. The van der Waals surface area contributed by atoms with E-state index < -0.39 is 5.60 Å². The number of likely N-dealkylation sites (tertiary alicyclic amines) is 1. The summed E-state index contributed by atoms with van der Waals surface area (Å²) in [5.74, 6) is 1.74. The van der Waals surface area contributed by atoms with Gasteiger partial charge in [-0.25, -0.2) is 4.79 Å². The molecule has 1 spiro atoms. The van der Waals surface area contributed by atoms with E-state index in [-0.39, 0.29) is 29.5 Å². The van der Waals surface area contributed by atoms with Crippen LogP contribution in [0.3, 0.4) is 0 Å². The van der Waals surface area contributed by atoms with Crippen molar-refractivity contribution in [3.05, 3.63) is 54.1 Å². The molecular formula is C32H44N2O6. The number of ether oxygens (including phenoxy) is 4. The van der Waals surface area contributed by atoms with E-state index in [9.17, 15) is 9.59 Å². The third kappa shape index (κ3) is 7.47. The van der Waals surface area contributed by atoms with Crippen molar-refractivity contribution in [3.8, 4) is 17.2 Å². The molecule has 8 heteroatoms. The Kier molecular flexibility index (Phi) is 9.29. The standard InChI is InChI=1S/C32H44N2O6/c1-23(2)34(28-21-32(28)14-10-15-33(22-32)30(36)40-31(3,4)5)29(35)24-18-26(38-17-11-16-37-6)20-27(19-24)39-25-12-8-7-9-13-25/h7-9,12-13,18-20,23,28H,10-11,14-17,21-22H2,1-6H3. The molecule has 1 saturated heterocycles. The van der Waals surface area contributed by atoms with Crippen molar-refractivity contribution in [2.75, 3.05) is 33.4 Å². The van der Waals surface area contributed by atoms with Crippen molar-refractivity contribution in [1.29, 1.82) is 0 Å². The monoisotopic (exact) mass is 552 g/mol. The molecule has 1 aliphatic heterocycles.